The minimum Gasteiger partial charge on any atom is -0.381 e. The van der Waals surface area contributed by atoms with E-state index in [2.05, 4.69) is 42.3 Å². The molecule has 2 fully saturated rings. The second-order valence-corrected chi connectivity index (χ2v) is 5.66. The summed E-state index contributed by atoms with van der Waals surface area (Å²) in [7, 11) is 0. The summed E-state index contributed by atoms with van der Waals surface area (Å²) in [6.07, 6.45) is 4.15. The Hall–Kier alpha value is -1.02. The highest BCUT2D eigenvalue weighted by Gasteiger charge is 2.34. The van der Waals surface area contributed by atoms with Crippen LogP contribution in [0.15, 0.2) is 18.2 Å². The average Bonchev–Trinajstić information content (AvgIpc) is 3.06. The molecule has 0 bridgehead atoms. The van der Waals surface area contributed by atoms with Crippen molar-refractivity contribution in [1.29, 1.82) is 0 Å². The van der Waals surface area contributed by atoms with Crippen LogP contribution in [0.3, 0.4) is 0 Å². The SMILES string of the molecule is Cc1ccc(NC2CCN(C3CC3)C2)cc1C. The van der Waals surface area contributed by atoms with Crippen LogP contribution < -0.4 is 5.32 Å². The van der Waals surface area contributed by atoms with Gasteiger partial charge in [0.25, 0.3) is 0 Å². The molecule has 1 heterocycles. The van der Waals surface area contributed by atoms with E-state index in [1.54, 1.807) is 0 Å². The zero-order valence-electron chi connectivity index (χ0n) is 10.9. The third-order valence-corrected chi connectivity index (χ3v) is 4.16. The van der Waals surface area contributed by atoms with Gasteiger partial charge < -0.3 is 5.32 Å². The van der Waals surface area contributed by atoms with Gasteiger partial charge in [-0.25, -0.2) is 0 Å². The molecule has 92 valence electrons. The summed E-state index contributed by atoms with van der Waals surface area (Å²) in [6.45, 7) is 6.87. The fourth-order valence-electron chi connectivity index (χ4n) is 2.74. The van der Waals surface area contributed by atoms with E-state index >= 15 is 0 Å². The highest BCUT2D eigenvalue weighted by molar-refractivity contribution is 5.49. The molecule has 17 heavy (non-hydrogen) atoms. The number of nitrogens with zero attached hydrogens (tertiary/aromatic N) is 1. The lowest BCUT2D eigenvalue weighted by Gasteiger charge is -2.17. The molecule has 1 aliphatic carbocycles. The van der Waals surface area contributed by atoms with Crippen LogP contribution in [-0.4, -0.2) is 30.1 Å². The van der Waals surface area contributed by atoms with E-state index in [1.165, 1.54) is 49.2 Å². The van der Waals surface area contributed by atoms with Crippen molar-refractivity contribution < 1.29 is 0 Å². The third kappa shape index (κ3) is 2.47. The maximum absolute atomic E-state index is 3.68. The lowest BCUT2D eigenvalue weighted by Crippen LogP contribution is -2.27. The Morgan fingerprint density at radius 2 is 1.94 bits per heavy atom. The van der Waals surface area contributed by atoms with Crippen molar-refractivity contribution in [2.75, 3.05) is 18.4 Å². The molecular weight excluding hydrogens is 208 g/mol. The van der Waals surface area contributed by atoms with Crippen LogP contribution in [0.4, 0.5) is 5.69 Å². The molecule has 2 nitrogen and oxygen atoms in total. The maximum atomic E-state index is 3.68. The zero-order chi connectivity index (χ0) is 11.8. The number of likely N-dealkylation sites (tertiary alicyclic amines) is 1. The van der Waals surface area contributed by atoms with Gasteiger partial charge in [-0.2, -0.15) is 0 Å². The second-order valence-electron chi connectivity index (χ2n) is 5.66. The average molecular weight is 230 g/mol. The van der Waals surface area contributed by atoms with Crippen molar-refractivity contribution in [3.05, 3.63) is 29.3 Å². The first-order valence-electron chi connectivity index (χ1n) is 6.80. The van der Waals surface area contributed by atoms with E-state index in [4.69, 9.17) is 0 Å². The number of aryl methyl sites for hydroxylation is 2. The molecule has 3 rings (SSSR count). The number of rotatable bonds is 3. The van der Waals surface area contributed by atoms with Crippen LogP contribution in [0, 0.1) is 13.8 Å². The summed E-state index contributed by atoms with van der Waals surface area (Å²) in [5, 5.41) is 3.68. The standard InChI is InChI=1S/C15H22N2/c1-11-3-4-13(9-12(11)2)16-14-7-8-17(10-14)15-5-6-15/h3-4,9,14-16H,5-8,10H2,1-2H3. The number of anilines is 1. The predicted octanol–water partition coefficient (Wildman–Crippen LogP) is 2.95. The van der Waals surface area contributed by atoms with Gasteiger partial charge in [0, 0.05) is 30.9 Å². The molecule has 0 amide bonds. The summed E-state index contributed by atoms with van der Waals surface area (Å²) in [4.78, 5) is 2.65. The fourth-order valence-corrected chi connectivity index (χ4v) is 2.74. The van der Waals surface area contributed by atoms with E-state index in [9.17, 15) is 0 Å². The monoisotopic (exact) mass is 230 g/mol. The van der Waals surface area contributed by atoms with Crippen LogP contribution in [0.1, 0.15) is 30.4 Å². The van der Waals surface area contributed by atoms with Crippen LogP contribution in [-0.2, 0) is 0 Å². The van der Waals surface area contributed by atoms with Gasteiger partial charge in [0.05, 0.1) is 0 Å². The molecule has 1 atom stereocenters. The van der Waals surface area contributed by atoms with Gasteiger partial charge >= 0.3 is 0 Å². The fraction of sp³-hybridized carbons (Fsp3) is 0.600. The number of hydrogen-bond donors (Lipinski definition) is 1. The molecule has 1 saturated carbocycles. The Morgan fingerprint density at radius 3 is 2.65 bits per heavy atom. The van der Waals surface area contributed by atoms with Gasteiger partial charge in [0.2, 0.25) is 0 Å². The van der Waals surface area contributed by atoms with Crippen LogP contribution in [0.2, 0.25) is 0 Å². The highest BCUT2D eigenvalue weighted by Crippen LogP contribution is 2.30. The summed E-state index contributed by atoms with van der Waals surface area (Å²) in [6, 6.07) is 8.27. The highest BCUT2D eigenvalue weighted by atomic mass is 15.2. The predicted molar refractivity (Wildman–Crippen MR) is 72.5 cm³/mol. The molecule has 1 N–H and O–H groups in total. The largest absolute Gasteiger partial charge is 0.381 e. The topological polar surface area (TPSA) is 15.3 Å². The van der Waals surface area contributed by atoms with Gasteiger partial charge in [-0.05, 0) is 56.4 Å². The summed E-state index contributed by atoms with van der Waals surface area (Å²) < 4.78 is 0. The van der Waals surface area contributed by atoms with Crippen molar-refractivity contribution in [1.82, 2.24) is 4.90 Å². The molecule has 0 radical (unpaired) electrons. The quantitative estimate of drug-likeness (QED) is 0.859. The Bertz CT molecular complexity index is 409. The smallest absolute Gasteiger partial charge is 0.0400 e. The van der Waals surface area contributed by atoms with E-state index in [-0.39, 0.29) is 0 Å². The molecule has 1 aromatic rings. The molecular formula is C15H22N2. The summed E-state index contributed by atoms with van der Waals surface area (Å²) >= 11 is 0. The van der Waals surface area contributed by atoms with Crippen molar-refractivity contribution >= 4 is 5.69 Å². The van der Waals surface area contributed by atoms with Crippen molar-refractivity contribution in [2.24, 2.45) is 0 Å². The minimum atomic E-state index is 0.651. The number of hydrogen-bond acceptors (Lipinski definition) is 2. The maximum Gasteiger partial charge on any atom is 0.0400 e. The third-order valence-electron chi connectivity index (χ3n) is 4.16. The zero-order valence-corrected chi connectivity index (χ0v) is 10.9. The van der Waals surface area contributed by atoms with Crippen LogP contribution in [0.5, 0.6) is 0 Å². The first-order chi connectivity index (χ1) is 8.22. The lowest BCUT2D eigenvalue weighted by molar-refractivity contribution is 0.326. The summed E-state index contributed by atoms with van der Waals surface area (Å²) in [5.74, 6) is 0. The Morgan fingerprint density at radius 1 is 1.12 bits per heavy atom. The van der Waals surface area contributed by atoms with E-state index in [1.807, 2.05) is 0 Å². The van der Waals surface area contributed by atoms with Gasteiger partial charge in [-0.3, -0.25) is 4.90 Å². The second kappa shape index (κ2) is 4.34. The van der Waals surface area contributed by atoms with Gasteiger partial charge in [0.15, 0.2) is 0 Å². The Kier molecular flexibility index (Phi) is 2.83. The van der Waals surface area contributed by atoms with Crippen molar-refractivity contribution in [2.45, 2.75) is 45.2 Å². The Labute approximate surface area is 104 Å². The number of nitrogens with one attached hydrogen (secondary N) is 1. The molecule has 0 aromatic heterocycles. The number of benzene rings is 1. The molecule has 1 saturated heterocycles. The first kappa shape index (κ1) is 11.1. The van der Waals surface area contributed by atoms with Gasteiger partial charge in [-0.1, -0.05) is 6.07 Å². The van der Waals surface area contributed by atoms with Crippen LogP contribution in [0.25, 0.3) is 0 Å². The minimum absolute atomic E-state index is 0.651. The molecule has 2 heteroatoms. The van der Waals surface area contributed by atoms with Gasteiger partial charge in [-0.15, -0.1) is 0 Å². The lowest BCUT2D eigenvalue weighted by atomic mass is 10.1. The van der Waals surface area contributed by atoms with Crippen LogP contribution >= 0.6 is 0 Å². The first-order valence-corrected chi connectivity index (χ1v) is 6.80. The van der Waals surface area contributed by atoms with E-state index in [0.717, 1.165) is 6.04 Å². The molecule has 2 aliphatic rings. The Balaban J connectivity index is 1.61. The normalized spacial score (nSPS) is 25.2. The van der Waals surface area contributed by atoms with Crippen molar-refractivity contribution in [3.63, 3.8) is 0 Å². The van der Waals surface area contributed by atoms with E-state index in [0.29, 0.717) is 6.04 Å². The molecule has 1 aliphatic heterocycles. The molecule has 1 aromatic carbocycles. The summed E-state index contributed by atoms with van der Waals surface area (Å²) in [5.41, 5.74) is 4.05. The van der Waals surface area contributed by atoms with E-state index < -0.39 is 0 Å². The molecule has 1 unspecified atom stereocenters. The van der Waals surface area contributed by atoms with Gasteiger partial charge in [0.1, 0.15) is 0 Å². The molecule has 0 spiro atoms. The van der Waals surface area contributed by atoms with Crippen molar-refractivity contribution in [3.8, 4) is 0 Å².